The van der Waals surface area contributed by atoms with E-state index in [1.165, 1.54) is 25.3 Å². The van der Waals surface area contributed by atoms with Gasteiger partial charge in [-0.2, -0.15) is 0 Å². The Morgan fingerprint density at radius 3 is 2.50 bits per heavy atom. The Morgan fingerprint density at radius 2 is 1.90 bits per heavy atom. The van der Waals surface area contributed by atoms with Crippen LogP contribution in [-0.2, 0) is 0 Å². The van der Waals surface area contributed by atoms with Gasteiger partial charge in [-0.05, 0) is 48.0 Å². The molecule has 0 aliphatic carbocycles. The number of hydrogen-bond donors (Lipinski definition) is 2. The van der Waals surface area contributed by atoms with Crippen LogP contribution in [0.5, 0.6) is 11.5 Å². The van der Waals surface area contributed by atoms with Crippen LogP contribution in [0.3, 0.4) is 0 Å². The predicted octanol–water partition coefficient (Wildman–Crippen LogP) is 2.85. The van der Waals surface area contributed by atoms with Gasteiger partial charge in [0.25, 0.3) is 0 Å². The molecule has 0 aliphatic rings. The third-order valence-corrected chi connectivity index (χ3v) is 2.68. The van der Waals surface area contributed by atoms with Crippen molar-refractivity contribution in [1.82, 2.24) is 0 Å². The zero-order chi connectivity index (χ0) is 14.5. The van der Waals surface area contributed by atoms with E-state index in [1.807, 2.05) is 0 Å². The molecular weight excluding hydrogens is 258 g/mol. The van der Waals surface area contributed by atoms with E-state index in [-0.39, 0.29) is 11.3 Å². The molecule has 0 aliphatic heterocycles. The summed E-state index contributed by atoms with van der Waals surface area (Å²) in [6.45, 7) is 0. The molecule has 2 aromatic carbocycles. The van der Waals surface area contributed by atoms with E-state index in [0.717, 1.165) is 5.56 Å². The van der Waals surface area contributed by atoms with Crippen LogP contribution in [0.25, 0.3) is 0 Å². The number of carbonyl (C=O) groups is 1. The van der Waals surface area contributed by atoms with Gasteiger partial charge in [0.15, 0.2) is 11.5 Å². The van der Waals surface area contributed by atoms with Gasteiger partial charge in [-0.1, -0.05) is 0 Å². The van der Waals surface area contributed by atoms with Gasteiger partial charge < -0.3 is 14.9 Å². The number of phenols is 1. The highest BCUT2D eigenvalue weighted by Gasteiger charge is 2.02. The Bertz CT molecular complexity index is 647. The van der Waals surface area contributed by atoms with Gasteiger partial charge in [0.1, 0.15) is 0 Å². The second-order valence-electron chi connectivity index (χ2n) is 4.04. The average Bonchev–Trinajstić information content (AvgIpc) is 2.46. The van der Waals surface area contributed by atoms with Crippen LogP contribution in [-0.4, -0.2) is 29.5 Å². The standard InChI is InChI=1S/C15H13NO4/c1-20-14-8-10(2-7-13(14)17)9-16-12-5-3-11(4-6-12)15(18)19/h2-9,17H,1H3,(H,18,19)/b16-9+. The maximum Gasteiger partial charge on any atom is 0.335 e. The molecule has 0 amide bonds. The van der Waals surface area contributed by atoms with Crippen molar-refractivity contribution in [2.24, 2.45) is 4.99 Å². The van der Waals surface area contributed by atoms with Crippen molar-refractivity contribution in [3.8, 4) is 11.5 Å². The maximum absolute atomic E-state index is 10.7. The maximum atomic E-state index is 10.7. The van der Waals surface area contributed by atoms with Gasteiger partial charge in [0, 0.05) is 6.21 Å². The van der Waals surface area contributed by atoms with E-state index in [4.69, 9.17) is 9.84 Å². The SMILES string of the molecule is COc1cc(/C=N/c2ccc(C(=O)O)cc2)ccc1O. The Morgan fingerprint density at radius 1 is 1.20 bits per heavy atom. The normalized spacial score (nSPS) is 10.7. The summed E-state index contributed by atoms with van der Waals surface area (Å²) in [5, 5.41) is 18.3. The van der Waals surface area contributed by atoms with E-state index in [2.05, 4.69) is 4.99 Å². The lowest BCUT2D eigenvalue weighted by Crippen LogP contribution is -1.94. The molecule has 0 fully saturated rings. The number of ether oxygens (including phenoxy) is 1. The number of nitrogens with zero attached hydrogens (tertiary/aromatic N) is 1. The molecule has 0 radical (unpaired) electrons. The Hall–Kier alpha value is -2.82. The van der Waals surface area contributed by atoms with Gasteiger partial charge in [-0.15, -0.1) is 0 Å². The average molecular weight is 271 g/mol. The topological polar surface area (TPSA) is 79.1 Å². The second-order valence-corrected chi connectivity index (χ2v) is 4.04. The predicted molar refractivity (Wildman–Crippen MR) is 75.3 cm³/mol. The zero-order valence-electron chi connectivity index (χ0n) is 10.8. The molecule has 0 saturated carbocycles. The molecule has 0 saturated heterocycles. The fourth-order valence-corrected chi connectivity index (χ4v) is 1.61. The van der Waals surface area contributed by atoms with Crippen molar-refractivity contribution < 1.29 is 19.7 Å². The van der Waals surface area contributed by atoms with Gasteiger partial charge in [0.05, 0.1) is 18.4 Å². The van der Waals surface area contributed by atoms with Gasteiger partial charge in [-0.3, -0.25) is 4.99 Å². The van der Waals surface area contributed by atoms with Gasteiger partial charge in [-0.25, -0.2) is 4.79 Å². The summed E-state index contributed by atoms with van der Waals surface area (Å²) in [5.74, 6) is -0.533. The van der Waals surface area contributed by atoms with Gasteiger partial charge in [0.2, 0.25) is 0 Å². The molecule has 2 N–H and O–H groups in total. The number of rotatable bonds is 4. The molecule has 20 heavy (non-hydrogen) atoms. The van der Waals surface area contributed by atoms with Crippen molar-refractivity contribution in [2.45, 2.75) is 0 Å². The Kier molecular flexibility index (Phi) is 4.00. The van der Waals surface area contributed by atoms with Crippen LogP contribution in [0, 0.1) is 0 Å². The number of carboxylic acids is 1. The third-order valence-electron chi connectivity index (χ3n) is 2.68. The summed E-state index contributed by atoms with van der Waals surface area (Å²) in [7, 11) is 1.47. The number of hydrogen-bond acceptors (Lipinski definition) is 4. The van der Waals surface area contributed by atoms with Crippen LogP contribution < -0.4 is 4.74 Å². The molecule has 102 valence electrons. The lowest BCUT2D eigenvalue weighted by Gasteiger charge is -2.03. The molecule has 2 aromatic rings. The molecular formula is C15H13NO4. The first-order valence-corrected chi connectivity index (χ1v) is 5.84. The first-order chi connectivity index (χ1) is 9.60. The second kappa shape index (κ2) is 5.88. The number of phenolic OH excluding ortho intramolecular Hbond substituents is 1. The van der Waals surface area contributed by atoms with Crippen molar-refractivity contribution in [1.29, 1.82) is 0 Å². The van der Waals surface area contributed by atoms with Crippen LogP contribution in [0.15, 0.2) is 47.5 Å². The van der Waals surface area contributed by atoms with Crippen LogP contribution in [0.1, 0.15) is 15.9 Å². The Labute approximate surface area is 115 Å². The van der Waals surface area contributed by atoms with E-state index in [1.54, 1.807) is 30.5 Å². The highest BCUT2D eigenvalue weighted by molar-refractivity contribution is 5.88. The fraction of sp³-hybridized carbons (Fsp3) is 0.0667. The molecule has 2 rings (SSSR count). The molecule has 0 spiro atoms. The van der Waals surface area contributed by atoms with Crippen LogP contribution in [0.4, 0.5) is 5.69 Å². The van der Waals surface area contributed by atoms with E-state index in [0.29, 0.717) is 11.4 Å². The molecule has 5 nitrogen and oxygen atoms in total. The van der Waals surface area contributed by atoms with Crippen molar-refractivity contribution in [2.75, 3.05) is 7.11 Å². The molecule has 0 aromatic heterocycles. The molecule has 0 heterocycles. The smallest absolute Gasteiger partial charge is 0.335 e. The zero-order valence-corrected chi connectivity index (χ0v) is 10.8. The monoisotopic (exact) mass is 271 g/mol. The number of methoxy groups -OCH3 is 1. The summed E-state index contributed by atoms with van der Waals surface area (Å²) >= 11 is 0. The minimum Gasteiger partial charge on any atom is -0.504 e. The number of aromatic hydroxyl groups is 1. The number of benzene rings is 2. The summed E-state index contributed by atoms with van der Waals surface area (Å²) in [5.41, 5.74) is 1.62. The molecule has 0 bridgehead atoms. The summed E-state index contributed by atoms with van der Waals surface area (Å²) < 4.78 is 5.00. The largest absolute Gasteiger partial charge is 0.504 e. The molecule has 0 atom stereocenters. The number of aliphatic imine (C=N–C) groups is 1. The van der Waals surface area contributed by atoms with Crippen LogP contribution in [0.2, 0.25) is 0 Å². The van der Waals surface area contributed by atoms with E-state index in [9.17, 15) is 9.90 Å². The van der Waals surface area contributed by atoms with Crippen LogP contribution >= 0.6 is 0 Å². The quantitative estimate of drug-likeness (QED) is 0.838. The highest BCUT2D eigenvalue weighted by atomic mass is 16.5. The minimum atomic E-state index is -0.969. The summed E-state index contributed by atoms with van der Waals surface area (Å²) in [4.78, 5) is 14.9. The molecule has 0 unspecified atom stereocenters. The van der Waals surface area contributed by atoms with Crippen molar-refractivity contribution in [3.63, 3.8) is 0 Å². The third kappa shape index (κ3) is 3.14. The molecule has 5 heteroatoms. The lowest BCUT2D eigenvalue weighted by atomic mass is 10.2. The lowest BCUT2D eigenvalue weighted by molar-refractivity contribution is 0.0697. The minimum absolute atomic E-state index is 0.0652. The van der Waals surface area contributed by atoms with Crippen molar-refractivity contribution in [3.05, 3.63) is 53.6 Å². The Balaban J connectivity index is 2.18. The summed E-state index contributed by atoms with van der Waals surface area (Å²) in [6.07, 6.45) is 1.61. The number of carboxylic acid groups (broad SMARTS) is 1. The highest BCUT2D eigenvalue weighted by Crippen LogP contribution is 2.25. The first-order valence-electron chi connectivity index (χ1n) is 5.84. The first kappa shape index (κ1) is 13.6. The van der Waals surface area contributed by atoms with E-state index < -0.39 is 5.97 Å². The van der Waals surface area contributed by atoms with E-state index >= 15 is 0 Å². The summed E-state index contributed by atoms with van der Waals surface area (Å²) in [6, 6.07) is 11.1. The van der Waals surface area contributed by atoms with Crippen molar-refractivity contribution >= 4 is 17.9 Å². The van der Waals surface area contributed by atoms with Gasteiger partial charge >= 0.3 is 5.97 Å². The number of aromatic carboxylic acids is 1. The fourth-order valence-electron chi connectivity index (χ4n) is 1.61.